The molecule has 0 saturated carbocycles. The average Bonchev–Trinajstić information content (AvgIpc) is 2.31. The van der Waals surface area contributed by atoms with Gasteiger partial charge in [-0.05, 0) is 18.1 Å². The molecule has 16 heavy (non-hydrogen) atoms. The highest BCUT2D eigenvalue weighted by Gasteiger charge is 2.05. The van der Waals surface area contributed by atoms with Crippen LogP contribution in [0.4, 0.5) is 0 Å². The molecule has 0 aliphatic rings. The first-order valence-electron chi connectivity index (χ1n) is 6.92. The molecule has 0 bridgehead atoms. The van der Waals surface area contributed by atoms with Crippen LogP contribution in [0.3, 0.4) is 0 Å². The first-order chi connectivity index (χ1) is 7.85. The molecule has 0 aromatic carbocycles. The highest BCUT2D eigenvalue weighted by molar-refractivity contribution is 14.1. The minimum atomic E-state index is 0.872. The van der Waals surface area contributed by atoms with Crippen molar-refractivity contribution in [1.82, 2.24) is 0 Å². The summed E-state index contributed by atoms with van der Waals surface area (Å²) in [6.07, 6.45) is 14.2. The zero-order chi connectivity index (χ0) is 12.1. The Morgan fingerprint density at radius 2 is 1.50 bits per heavy atom. The van der Waals surface area contributed by atoms with E-state index in [-0.39, 0.29) is 0 Å². The molecule has 0 nitrogen and oxygen atoms in total. The fourth-order valence-electron chi connectivity index (χ4n) is 1.95. The normalized spacial score (nSPS) is 12.7. The van der Waals surface area contributed by atoms with Gasteiger partial charge in [-0.25, -0.2) is 0 Å². The maximum atomic E-state index is 2.35. The first-order valence-corrected chi connectivity index (χ1v) is 9.11. The molecule has 0 amide bonds. The van der Waals surface area contributed by atoms with Crippen LogP contribution in [-0.4, -0.2) is 9.66 Å². The van der Waals surface area contributed by atoms with Crippen molar-refractivity contribution in [3.05, 3.63) is 0 Å². The van der Waals surface area contributed by atoms with E-state index in [4.69, 9.17) is 0 Å². The second kappa shape index (κ2) is 14.2. The Kier molecular flexibility index (Phi) is 15.2. The van der Waals surface area contributed by atoms with Gasteiger partial charge in [-0.3, -0.25) is 0 Å². The number of hydrogen-bond acceptors (Lipinski definition) is 1. The quantitative estimate of drug-likeness (QED) is 0.236. The van der Waals surface area contributed by atoms with Crippen molar-refractivity contribution in [2.24, 2.45) is 0 Å². The van der Waals surface area contributed by atoms with Crippen molar-refractivity contribution >= 4 is 38.4 Å². The fourth-order valence-corrected chi connectivity index (χ4v) is 3.83. The van der Waals surface area contributed by atoms with Crippen LogP contribution < -0.4 is 0 Å². The third kappa shape index (κ3) is 11.6. The Morgan fingerprint density at radius 1 is 0.938 bits per heavy atom. The van der Waals surface area contributed by atoms with Gasteiger partial charge in [0.1, 0.15) is 0 Å². The van der Waals surface area contributed by atoms with Crippen molar-refractivity contribution in [3.8, 4) is 0 Å². The maximum absolute atomic E-state index is 2.35. The van der Waals surface area contributed by atoms with Gasteiger partial charge in [0.25, 0.3) is 4.41 Å². The number of unbranched alkanes of at least 4 members (excludes halogenated alkanes) is 7. The maximum Gasteiger partial charge on any atom is 0.276 e. The summed E-state index contributed by atoms with van der Waals surface area (Å²) in [5, 5.41) is 0.872. The molecule has 0 aliphatic heterocycles. The summed E-state index contributed by atoms with van der Waals surface area (Å²) in [6.45, 7) is 4.59. The van der Waals surface area contributed by atoms with Crippen LogP contribution in [0.2, 0.25) is 0 Å². The predicted octanol–water partition coefficient (Wildman–Crippen LogP) is 6.00. The molecule has 1 radical (unpaired) electrons. The molecule has 3 heteroatoms. The summed E-state index contributed by atoms with van der Waals surface area (Å²) in [5.41, 5.74) is 0. The van der Waals surface area contributed by atoms with Crippen molar-refractivity contribution < 1.29 is 0 Å². The molecule has 1 atom stereocenters. The molecular weight excluding hydrogens is 326 g/mol. The molecule has 0 aliphatic carbocycles. The molecule has 0 rings (SSSR count). The summed E-state index contributed by atoms with van der Waals surface area (Å²) in [6, 6.07) is 0. The molecule has 95 valence electrons. The molecule has 0 spiro atoms. The Morgan fingerprint density at radius 3 is 2.00 bits per heavy atom. The van der Waals surface area contributed by atoms with E-state index < -0.39 is 0 Å². The molecule has 0 aromatic rings. The van der Waals surface area contributed by atoms with Crippen molar-refractivity contribution in [1.29, 1.82) is 0 Å². The van der Waals surface area contributed by atoms with E-state index in [1.807, 2.05) is 11.6 Å². The lowest BCUT2D eigenvalue weighted by Gasteiger charge is -2.12. The Bertz CT molecular complexity index is 133. The fraction of sp³-hybridized carbons (Fsp3) is 1.00. The lowest BCUT2D eigenvalue weighted by Crippen LogP contribution is -2.01. The third-order valence-electron chi connectivity index (χ3n) is 3.08. The molecule has 0 N–H and O–H groups in total. The van der Waals surface area contributed by atoms with E-state index in [2.05, 4.69) is 40.6 Å². The van der Waals surface area contributed by atoms with Gasteiger partial charge in [-0.2, -0.15) is 11.6 Å². The summed E-state index contributed by atoms with van der Waals surface area (Å²) in [4.78, 5) is 0. The van der Waals surface area contributed by atoms with Crippen LogP contribution in [0.25, 0.3) is 0 Å². The Balaban J connectivity index is 3.12. The van der Waals surface area contributed by atoms with Crippen LogP contribution in [0.1, 0.15) is 78.1 Å². The summed E-state index contributed by atoms with van der Waals surface area (Å²) in [7, 11) is 0. The average molecular weight is 353 g/mol. The predicted molar refractivity (Wildman–Crippen MR) is 88.7 cm³/mol. The van der Waals surface area contributed by atoms with Gasteiger partial charge in [0, 0.05) is 0 Å². The van der Waals surface area contributed by atoms with Crippen LogP contribution in [-0.2, 0) is 0 Å². The molecule has 1 unspecified atom stereocenters. The number of halogens is 1. The van der Waals surface area contributed by atoms with E-state index in [0.29, 0.717) is 0 Å². The molecule has 0 aromatic heterocycles. The number of hydrogen-bond donors (Lipinski definition) is 0. The second-order valence-corrected chi connectivity index (χ2v) is 7.16. The van der Waals surface area contributed by atoms with Gasteiger partial charge >= 0.3 is 0 Å². The standard InChI is InChI=1S/C13H27BIS/c1-3-5-6-7-8-9-10-11-12-13(4-2)16-14-15/h13H,3-12H2,1-2H3. The van der Waals surface area contributed by atoms with Gasteiger partial charge in [-0.15, -0.1) is 22.4 Å². The van der Waals surface area contributed by atoms with Gasteiger partial charge in [0.2, 0.25) is 0 Å². The highest BCUT2D eigenvalue weighted by Crippen LogP contribution is 2.21. The highest BCUT2D eigenvalue weighted by atomic mass is 127. The topological polar surface area (TPSA) is 0 Å². The largest absolute Gasteiger partial charge is 0.276 e. The minimum absolute atomic E-state index is 0.872. The van der Waals surface area contributed by atoms with Crippen LogP contribution in [0.5, 0.6) is 0 Å². The molecule has 0 heterocycles. The summed E-state index contributed by atoms with van der Waals surface area (Å²) >= 11 is 4.36. The van der Waals surface area contributed by atoms with E-state index in [9.17, 15) is 0 Å². The zero-order valence-corrected chi connectivity index (χ0v) is 14.0. The van der Waals surface area contributed by atoms with E-state index >= 15 is 0 Å². The molecule has 0 saturated heterocycles. The van der Waals surface area contributed by atoms with Crippen LogP contribution in [0, 0.1) is 0 Å². The van der Waals surface area contributed by atoms with Crippen LogP contribution in [0.15, 0.2) is 0 Å². The lowest BCUT2D eigenvalue weighted by molar-refractivity contribution is 0.558. The Hall–Kier alpha value is 1.14. The molecular formula is C13H27BIS. The van der Waals surface area contributed by atoms with Gasteiger partial charge in [0.15, 0.2) is 0 Å². The molecule has 0 fully saturated rings. The third-order valence-corrected chi connectivity index (χ3v) is 5.02. The Labute approximate surface area is 121 Å². The monoisotopic (exact) mass is 353 g/mol. The van der Waals surface area contributed by atoms with E-state index in [0.717, 1.165) is 5.25 Å². The zero-order valence-electron chi connectivity index (χ0n) is 11.0. The summed E-state index contributed by atoms with van der Waals surface area (Å²) < 4.78 is 2.22. The lowest BCUT2D eigenvalue weighted by atomic mass is 10.1. The van der Waals surface area contributed by atoms with Gasteiger partial charge < -0.3 is 0 Å². The smallest absolute Gasteiger partial charge is 0.199 e. The first kappa shape index (κ1) is 17.1. The van der Waals surface area contributed by atoms with E-state index in [1.165, 1.54) is 64.2 Å². The second-order valence-electron chi connectivity index (χ2n) is 4.52. The van der Waals surface area contributed by atoms with Crippen molar-refractivity contribution in [3.63, 3.8) is 0 Å². The van der Waals surface area contributed by atoms with Crippen LogP contribution >= 0.6 is 34.0 Å². The van der Waals surface area contributed by atoms with Crippen molar-refractivity contribution in [2.75, 3.05) is 0 Å². The van der Waals surface area contributed by atoms with Gasteiger partial charge in [-0.1, -0.05) is 65.2 Å². The van der Waals surface area contributed by atoms with E-state index in [1.54, 1.807) is 0 Å². The number of rotatable bonds is 12. The SMILES string of the molecule is CCCCCCCCCCC(CC)S[B]I. The van der Waals surface area contributed by atoms with Crippen molar-refractivity contribution in [2.45, 2.75) is 83.3 Å². The minimum Gasteiger partial charge on any atom is -0.199 e. The summed E-state index contributed by atoms with van der Waals surface area (Å²) in [5.74, 6) is 0. The van der Waals surface area contributed by atoms with Gasteiger partial charge in [0.05, 0.1) is 0 Å².